The number of rotatable bonds is 8. The van der Waals surface area contributed by atoms with E-state index in [0.29, 0.717) is 13.2 Å². The largest absolute Gasteiger partial charge is 0.489 e. The number of carbonyl (C=O) groups excluding carboxylic acids is 1. The van der Waals surface area contributed by atoms with Crippen LogP contribution in [0.2, 0.25) is 0 Å². The van der Waals surface area contributed by atoms with Crippen LogP contribution < -0.4 is 15.4 Å². The molecule has 1 atom stereocenters. The van der Waals surface area contributed by atoms with Crippen molar-refractivity contribution in [2.24, 2.45) is 0 Å². The normalized spacial score (nSPS) is 11.6. The third-order valence-corrected chi connectivity index (χ3v) is 4.54. The van der Waals surface area contributed by atoms with Gasteiger partial charge in [0.25, 0.3) is 0 Å². The van der Waals surface area contributed by atoms with E-state index in [1.165, 1.54) is 11.5 Å². The van der Waals surface area contributed by atoms with Crippen LogP contribution in [0.5, 0.6) is 5.75 Å². The quantitative estimate of drug-likeness (QED) is 0.623. The molecular formula is C20H22N4O2S. The number of benzene rings is 2. The highest BCUT2D eigenvalue weighted by molar-refractivity contribution is 7.03. The predicted octanol–water partition coefficient (Wildman–Crippen LogP) is 3.72. The van der Waals surface area contributed by atoms with Crippen LogP contribution in [0.4, 0.5) is 4.79 Å². The molecule has 3 aromatic rings. The first-order valence-electron chi connectivity index (χ1n) is 8.77. The van der Waals surface area contributed by atoms with Gasteiger partial charge >= 0.3 is 6.03 Å². The van der Waals surface area contributed by atoms with E-state index in [1.807, 2.05) is 66.9 Å². The Morgan fingerprint density at radius 3 is 2.74 bits per heavy atom. The molecule has 1 aromatic heterocycles. The van der Waals surface area contributed by atoms with Crippen molar-refractivity contribution in [3.8, 4) is 5.75 Å². The van der Waals surface area contributed by atoms with Gasteiger partial charge in [-0.05, 0) is 48.1 Å². The summed E-state index contributed by atoms with van der Waals surface area (Å²) in [6, 6.07) is 17.6. The minimum absolute atomic E-state index is 0.168. The minimum Gasteiger partial charge on any atom is -0.489 e. The van der Waals surface area contributed by atoms with E-state index in [4.69, 9.17) is 4.74 Å². The number of urea groups is 1. The lowest BCUT2D eigenvalue weighted by atomic mass is 10.1. The number of aromatic nitrogens is 2. The lowest BCUT2D eigenvalue weighted by Crippen LogP contribution is -2.38. The number of hydrogen-bond donors (Lipinski definition) is 2. The van der Waals surface area contributed by atoms with Crippen LogP contribution in [0.3, 0.4) is 0 Å². The molecule has 2 amide bonds. The van der Waals surface area contributed by atoms with Crippen molar-refractivity contribution >= 4 is 17.6 Å². The van der Waals surface area contributed by atoms with Crippen LogP contribution in [0, 0.1) is 0 Å². The van der Waals surface area contributed by atoms with E-state index in [-0.39, 0.29) is 12.1 Å². The first-order valence-corrected chi connectivity index (χ1v) is 9.61. The molecule has 0 aliphatic rings. The van der Waals surface area contributed by atoms with Crippen molar-refractivity contribution in [1.82, 2.24) is 20.2 Å². The zero-order chi connectivity index (χ0) is 18.9. The zero-order valence-electron chi connectivity index (χ0n) is 15.1. The molecule has 1 unspecified atom stereocenters. The summed E-state index contributed by atoms with van der Waals surface area (Å²) >= 11 is 1.27. The summed E-state index contributed by atoms with van der Waals surface area (Å²) in [6.07, 6.45) is 0.725. The van der Waals surface area contributed by atoms with Crippen LogP contribution in [-0.4, -0.2) is 22.2 Å². The van der Waals surface area contributed by atoms with Gasteiger partial charge < -0.3 is 15.4 Å². The van der Waals surface area contributed by atoms with Gasteiger partial charge in [-0.3, -0.25) is 0 Å². The average Bonchev–Trinajstić information content (AvgIpc) is 3.23. The Hall–Kier alpha value is -2.93. The maximum Gasteiger partial charge on any atom is 0.315 e. The fourth-order valence-electron chi connectivity index (χ4n) is 2.53. The Morgan fingerprint density at radius 1 is 1.15 bits per heavy atom. The van der Waals surface area contributed by atoms with Crippen LogP contribution in [0.25, 0.3) is 0 Å². The van der Waals surface area contributed by atoms with Gasteiger partial charge in [-0.1, -0.05) is 47.0 Å². The number of nitrogens with zero attached hydrogens (tertiary/aromatic N) is 2. The van der Waals surface area contributed by atoms with Gasteiger partial charge in [-0.25, -0.2) is 4.79 Å². The van der Waals surface area contributed by atoms with Gasteiger partial charge in [-0.15, -0.1) is 5.10 Å². The second-order valence-corrected chi connectivity index (χ2v) is 6.73. The summed E-state index contributed by atoms with van der Waals surface area (Å²) in [4.78, 5) is 12.0. The van der Waals surface area contributed by atoms with Crippen LogP contribution in [0.1, 0.15) is 29.8 Å². The van der Waals surface area contributed by atoms with E-state index in [2.05, 4.69) is 20.2 Å². The summed E-state index contributed by atoms with van der Waals surface area (Å²) < 4.78 is 9.65. The maximum absolute atomic E-state index is 12.0. The molecule has 27 heavy (non-hydrogen) atoms. The molecule has 7 heteroatoms. The molecule has 2 N–H and O–H groups in total. The van der Waals surface area contributed by atoms with E-state index in [9.17, 15) is 4.79 Å². The molecule has 0 bridgehead atoms. The van der Waals surface area contributed by atoms with Gasteiger partial charge in [0.05, 0.1) is 11.7 Å². The molecule has 0 radical (unpaired) electrons. The van der Waals surface area contributed by atoms with Gasteiger partial charge in [-0.2, -0.15) is 0 Å². The van der Waals surface area contributed by atoms with Crippen LogP contribution in [-0.2, 0) is 13.0 Å². The molecule has 1 heterocycles. The standard InChI is InChI=1S/C20H22N4O2S/c1-15(19-14-27-24-23-19)22-20(25)21-11-10-16-8-5-9-18(12-16)26-13-17-6-3-2-4-7-17/h2-9,12,14-15H,10-11,13H2,1H3,(H2,21,22,25). The molecule has 0 saturated heterocycles. The van der Waals surface area contributed by atoms with E-state index in [1.54, 1.807) is 0 Å². The third-order valence-electron chi connectivity index (χ3n) is 4.01. The Kier molecular flexibility index (Phi) is 6.76. The summed E-state index contributed by atoms with van der Waals surface area (Å²) in [6.45, 7) is 2.95. The third kappa shape index (κ3) is 6.07. The monoisotopic (exact) mass is 382 g/mol. The zero-order valence-corrected chi connectivity index (χ0v) is 15.9. The van der Waals surface area contributed by atoms with Crippen molar-refractivity contribution in [2.45, 2.75) is 26.0 Å². The van der Waals surface area contributed by atoms with Gasteiger partial charge in [0, 0.05) is 11.9 Å². The molecule has 140 valence electrons. The van der Waals surface area contributed by atoms with Crippen molar-refractivity contribution in [3.63, 3.8) is 0 Å². The fourth-order valence-corrected chi connectivity index (χ4v) is 3.08. The molecule has 0 spiro atoms. The van der Waals surface area contributed by atoms with Gasteiger partial charge in [0.2, 0.25) is 0 Å². The molecule has 0 aliphatic heterocycles. The Balaban J connectivity index is 1.42. The fraction of sp³-hybridized carbons (Fsp3) is 0.250. The summed E-state index contributed by atoms with van der Waals surface area (Å²) in [5.41, 5.74) is 3.00. The average molecular weight is 382 g/mol. The lowest BCUT2D eigenvalue weighted by Gasteiger charge is -2.12. The Morgan fingerprint density at radius 2 is 1.96 bits per heavy atom. The van der Waals surface area contributed by atoms with Crippen LogP contribution in [0.15, 0.2) is 60.0 Å². The second-order valence-electron chi connectivity index (χ2n) is 6.12. The summed E-state index contributed by atoms with van der Waals surface area (Å²) in [7, 11) is 0. The highest BCUT2D eigenvalue weighted by Gasteiger charge is 2.11. The number of amides is 2. The van der Waals surface area contributed by atoms with Crippen molar-refractivity contribution < 1.29 is 9.53 Å². The first-order chi connectivity index (χ1) is 13.2. The van der Waals surface area contributed by atoms with E-state index in [0.717, 1.165) is 29.0 Å². The molecule has 0 saturated carbocycles. The summed E-state index contributed by atoms with van der Waals surface area (Å²) in [5.74, 6) is 0.824. The highest BCUT2D eigenvalue weighted by Crippen LogP contribution is 2.15. The smallest absolute Gasteiger partial charge is 0.315 e. The SMILES string of the molecule is CC(NC(=O)NCCc1cccc(OCc2ccccc2)c1)c1csnn1. The molecule has 3 rings (SSSR count). The van der Waals surface area contributed by atoms with Crippen molar-refractivity contribution in [2.75, 3.05) is 6.54 Å². The predicted molar refractivity (Wildman–Crippen MR) is 106 cm³/mol. The van der Waals surface area contributed by atoms with Crippen molar-refractivity contribution in [1.29, 1.82) is 0 Å². The lowest BCUT2D eigenvalue weighted by molar-refractivity contribution is 0.238. The number of ether oxygens (including phenoxy) is 1. The van der Waals surface area contributed by atoms with Crippen molar-refractivity contribution in [3.05, 3.63) is 76.8 Å². The Bertz CT molecular complexity index is 840. The van der Waals surface area contributed by atoms with Crippen LogP contribution >= 0.6 is 11.5 Å². The molecule has 0 fully saturated rings. The maximum atomic E-state index is 12.0. The van der Waals surface area contributed by atoms with E-state index < -0.39 is 0 Å². The van der Waals surface area contributed by atoms with Gasteiger partial charge in [0.1, 0.15) is 12.4 Å². The number of hydrogen-bond acceptors (Lipinski definition) is 5. The first kappa shape index (κ1) is 18.8. The molecule has 0 aliphatic carbocycles. The summed E-state index contributed by atoms with van der Waals surface area (Å²) in [5, 5.41) is 11.5. The Labute approximate surface area is 162 Å². The minimum atomic E-state index is -0.216. The number of nitrogens with one attached hydrogen (secondary N) is 2. The highest BCUT2D eigenvalue weighted by atomic mass is 32.1. The molecule has 2 aromatic carbocycles. The van der Waals surface area contributed by atoms with E-state index >= 15 is 0 Å². The van der Waals surface area contributed by atoms with Gasteiger partial charge in [0.15, 0.2) is 0 Å². The molecular weight excluding hydrogens is 360 g/mol. The topological polar surface area (TPSA) is 76.1 Å². The molecule has 6 nitrogen and oxygen atoms in total. The second kappa shape index (κ2) is 9.68. The number of carbonyl (C=O) groups is 1.